The van der Waals surface area contributed by atoms with Crippen LogP contribution in [0.1, 0.15) is 6.92 Å². The van der Waals surface area contributed by atoms with E-state index in [1.54, 1.807) is 0 Å². The number of hydrogen-bond donors (Lipinski definition) is 2. The highest BCUT2D eigenvalue weighted by Gasteiger charge is 2.41. The number of aliphatic hydroxyl groups is 1. The third-order valence-electron chi connectivity index (χ3n) is 2.36. The predicted octanol–water partition coefficient (Wildman–Crippen LogP) is -0.553. The van der Waals surface area contributed by atoms with Crippen molar-refractivity contribution in [3.05, 3.63) is 0 Å². The zero-order valence-corrected chi connectivity index (χ0v) is 7.52. The molecule has 4 heteroatoms. The monoisotopic (exact) mass is 178 g/mol. The predicted molar refractivity (Wildman–Crippen MR) is 46.1 cm³/mol. The average molecular weight is 179 g/mol. The van der Waals surface area contributed by atoms with E-state index in [0.29, 0.717) is 6.04 Å². The van der Waals surface area contributed by atoms with Crippen molar-refractivity contribution in [1.82, 2.24) is 10.2 Å². The molecular weight excluding hydrogens is 164 g/mol. The molecular formula is C7H15ClN2O. The standard InChI is InChI=1S/C7H14N2O.ClH/c1-7(10)4-9(5-7)6-2-8-3-6;/h6,8,10H,2-5H2,1H3;1H. The van der Waals surface area contributed by atoms with Gasteiger partial charge in [-0.2, -0.15) is 0 Å². The van der Waals surface area contributed by atoms with E-state index >= 15 is 0 Å². The van der Waals surface area contributed by atoms with Crippen LogP contribution in [0.25, 0.3) is 0 Å². The summed E-state index contributed by atoms with van der Waals surface area (Å²) in [6, 6.07) is 0.709. The molecule has 0 aromatic carbocycles. The summed E-state index contributed by atoms with van der Waals surface area (Å²) in [5.41, 5.74) is -0.393. The lowest BCUT2D eigenvalue weighted by Crippen LogP contribution is -2.69. The van der Waals surface area contributed by atoms with Crippen molar-refractivity contribution < 1.29 is 5.11 Å². The van der Waals surface area contributed by atoms with Gasteiger partial charge in [0.05, 0.1) is 5.60 Å². The van der Waals surface area contributed by atoms with E-state index < -0.39 is 5.60 Å². The van der Waals surface area contributed by atoms with Gasteiger partial charge in [0.25, 0.3) is 0 Å². The number of rotatable bonds is 1. The number of nitrogens with one attached hydrogen (secondary N) is 1. The Hall–Kier alpha value is 0.170. The minimum Gasteiger partial charge on any atom is -0.388 e. The van der Waals surface area contributed by atoms with E-state index in [1.165, 1.54) is 0 Å². The van der Waals surface area contributed by atoms with Crippen LogP contribution >= 0.6 is 12.4 Å². The van der Waals surface area contributed by atoms with Gasteiger partial charge in [-0.1, -0.05) is 0 Å². The van der Waals surface area contributed by atoms with Crippen LogP contribution < -0.4 is 5.32 Å². The van der Waals surface area contributed by atoms with Gasteiger partial charge in [0, 0.05) is 32.2 Å². The molecule has 0 saturated carbocycles. The van der Waals surface area contributed by atoms with Gasteiger partial charge in [-0.05, 0) is 6.92 Å². The van der Waals surface area contributed by atoms with Crippen LogP contribution in [0.15, 0.2) is 0 Å². The highest BCUT2D eigenvalue weighted by molar-refractivity contribution is 5.85. The number of β-amino-alcohol motifs (C(OH)–C–C–N with tert-alkyl or cyclic N) is 1. The molecule has 2 N–H and O–H groups in total. The van der Waals surface area contributed by atoms with Crippen molar-refractivity contribution in [3.63, 3.8) is 0 Å². The fraction of sp³-hybridized carbons (Fsp3) is 1.00. The fourth-order valence-electron chi connectivity index (χ4n) is 1.62. The molecule has 2 rings (SSSR count). The third-order valence-corrected chi connectivity index (χ3v) is 2.36. The van der Waals surface area contributed by atoms with E-state index in [2.05, 4.69) is 10.2 Å². The molecule has 0 unspecified atom stereocenters. The van der Waals surface area contributed by atoms with Crippen molar-refractivity contribution in [2.75, 3.05) is 26.2 Å². The summed E-state index contributed by atoms with van der Waals surface area (Å²) in [7, 11) is 0. The normalized spacial score (nSPS) is 30.0. The minimum atomic E-state index is -0.393. The molecule has 0 atom stereocenters. The van der Waals surface area contributed by atoms with E-state index in [4.69, 9.17) is 0 Å². The lowest BCUT2D eigenvalue weighted by atomic mass is 9.93. The van der Waals surface area contributed by atoms with Gasteiger partial charge in [-0.15, -0.1) is 12.4 Å². The maximum absolute atomic E-state index is 9.39. The first-order valence-corrected chi connectivity index (χ1v) is 3.84. The quantitative estimate of drug-likeness (QED) is 0.566. The minimum absolute atomic E-state index is 0. The topological polar surface area (TPSA) is 35.5 Å². The lowest BCUT2D eigenvalue weighted by molar-refractivity contribution is -0.109. The molecule has 0 amide bonds. The maximum Gasteiger partial charge on any atom is 0.0872 e. The SMILES string of the molecule is CC1(O)CN(C2CNC2)C1.Cl. The second-order valence-corrected chi connectivity index (χ2v) is 3.71. The molecule has 2 fully saturated rings. The summed E-state index contributed by atoms with van der Waals surface area (Å²) >= 11 is 0. The molecule has 0 radical (unpaired) electrons. The van der Waals surface area contributed by atoms with Gasteiger partial charge >= 0.3 is 0 Å². The first kappa shape index (κ1) is 9.26. The van der Waals surface area contributed by atoms with Crippen LogP contribution in [0.4, 0.5) is 0 Å². The molecule has 0 aliphatic carbocycles. The van der Waals surface area contributed by atoms with Gasteiger partial charge in [-0.25, -0.2) is 0 Å². The van der Waals surface area contributed by atoms with Crippen LogP contribution in [-0.4, -0.2) is 47.8 Å². The Kier molecular flexibility index (Phi) is 2.44. The molecule has 2 aliphatic rings. The molecule has 0 spiro atoms. The molecule has 0 aromatic heterocycles. The van der Waals surface area contributed by atoms with Gasteiger partial charge in [0.15, 0.2) is 0 Å². The Morgan fingerprint density at radius 3 is 2.27 bits per heavy atom. The van der Waals surface area contributed by atoms with Crippen molar-refractivity contribution in [3.8, 4) is 0 Å². The number of halogens is 1. The smallest absolute Gasteiger partial charge is 0.0872 e. The largest absolute Gasteiger partial charge is 0.388 e. The molecule has 66 valence electrons. The third kappa shape index (κ3) is 1.67. The van der Waals surface area contributed by atoms with Crippen molar-refractivity contribution >= 4 is 12.4 Å². The Bertz CT molecular complexity index is 139. The molecule has 2 saturated heterocycles. The first-order valence-electron chi connectivity index (χ1n) is 3.84. The molecule has 2 aliphatic heterocycles. The van der Waals surface area contributed by atoms with Gasteiger partial charge < -0.3 is 10.4 Å². The summed E-state index contributed by atoms with van der Waals surface area (Å²) in [5.74, 6) is 0. The van der Waals surface area contributed by atoms with E-state index in [0.717, 1.165) is 26.2 Å². The van der Waals surface area contributed by atoms with E-state index in [1.807, 2.05) is 6.92 Å². The second-order valence-electron chi connectivity index (χ2n) is 3.71. The maximum atomic E-state index is 9.39. The fourth-order valence-corrected chi connectivity index (χ4v) is 1.62. The zero-order chi connectivity index (χ0) is 7.19. The highest BCUT2D eigenvalue weighted by atomic mass is 35.5. The molecule has 0 aromatic rings. The van der Waals surface area contributed by atoms with Crippen LogP contribution in [0, 0.1) is 0 Å². The Labute approximate surface area is 73.2 Å². The summed E-state index contributed by atoms with van der Waals surface area (Å²) in [5, 5.41) is 12.6. The van der Waals surface area contributed by atoms with Crippen LogP contribution in [0.5, 0.6) is 0 Å². The molecule has 0 bridgehead atoms. The molecule has 3 nitrogen and oxygen atoms in total. The second kappa shape index (κ2) is 2.90. The first-order chi connectivity index (χ1) is 4.67. The molecule has 11 heavy (non-hydrogen) atoms. The Balaban J connectivity index is 0.000000605. The summed E-state index contributed by atoms with van der Waals surface area (Å²) in [6.45, 7) is 5.83. The highest BCUT2D eigenvalue weighted by Crippen LogP contribution is 2.23. The van der Waals surface area contributed by atoms with Crippen molar-refractivity contribution in [2.45, 2.75) is 18.6 Å². The zero-order valence-electron chi connectivity index (χ0n) is 6.71. The van der Waals surface area contributed by atoms with Crippen LogP contribution in [0.3, 0.4) is 0 Å². The van der Waals surface area contributed by atoms with E-state index in [9.17, 15) is 5.11 Å². The van der Waals surface area contributed by atoms with Crippen LogP contribution in [-0.2, 0) is 0 Å². The summed E-state index contributed by atoms with van der Waals surface area (Å²) in [4.78, 5) is 2.33. The van der Waals surface area contributed by atoms with Crippen molar-refractivity contribution in [2.24, 2.45) is 0 Å². The molecule has 2 heterocycles. The average Bonchev–Trinajstić information content (AvgIpc) is 1.54. The van der Waals surface area contributed by atoms with E-state index in [-0.39, 0.29) is 12.4 Å². The number of likely N-dealkylation sites (tertiary alicyclic amines) is 1. The lowest BCUT2D eigenvalue weighted by Gasteiger charge is -2.51. The Morgan fingerprint density at radius 1 is 1.45 bits per heavy atom. The summed E-state index contributed by atoms with van der Waals surface area (Å²) < 4.78 is 0. The number of nitrogens with zero attached hydrogens (tertiary/aromatic N) is 1. The summed E-state index contributed by atoms with van der Waals surface area (Å²) in [6.07, 6.45) is 0. The van der Waals surface area contributed by atoms with Gasteiger partial charge in [0.1, 0.15) is 0 Å². The van der Waals surface area contributed by atoms with Crippen molar-refractivity contribution in [1.29, 1.82) is 0 Å². The number of hydrogen-bond acceptors (Lipinski definition) is 3. The van der Waals surface area contributed by atoms with Gasteiger partial charge in [0.2, 0.25) is 0 Å². The Morgan fingerprint density at radius 2 is 2.00 bits per heavy atom. The van der Waals surface area contributed by atoms with Crippen LogP contribution in [0.2, 0.25) is 0 Å². The van der Waals surface area contributed by atoms with Gasteiger partial charge in [-0.3, -0.25) is 4.90 Å².